The second-order valence-electron chi connectivity index (χ2n) is 6.99. The van der Waals surface area contributed by atoms with Gasteiger partial charge in [-0.25, -0.2) is 4.98 Å². The summed E-state index contributed by atoms with van der Waals surface area (Å²) in [6.07, 6.45) is 5.31. The van der Waals surface area contributed by atoms with Crippen molar-refractivity contribution in [2.45, 2.75) is 52.0 Å². The molecule has 0 bridgehead atoms. The predicted molar refractivity (Wildman–Crippen MR) is 105 cm³/mol. The molecule has 3 aromatic rings. The zero-order valence-electron chi connectivity index (χ0n) is 15.0. The quantitative estimate of drug-likeness (QED) is 0.688. The van der Waals surface area contributed by atoms with Gasteiger partial charge in [-0.3, -0.25) is 14.2 Å². The van der Waals surface area contributed by atoms with E-state index >= 15 is 0 Å². The van der Waals surface area contributed by atoms with Gasteiger partial charge in [0, 0.05) is 24.3 Å². The third-order valence-electron chi connectivity index (χ3n) is 5.05. The second kappa shape index (κ2) is 7.16. The maximum atomic E-state index is 13.3. The molecule has 2 aromatic heterocycles. The molecule has 0 N–H and O–H groups in total. The van der Waals surface area contributed by atoms with Crippen molar-refractivity contribution in [3.05, 3.63) is 62.5 Å². The van der Waals surface area contributed by atoms with Crippen LogP contribution in [0.1, 0.15) is 48.0 Å². The lowest BCUT2D eigenvalue weighted by molar-refractivity contribution is -0.117. The first-order chi connectivity index (χ1) is 12.6. The number of thiophene rings is 1. The lowest BCUT2D eigenvalue weighted by Gasteiger charge is -2.13. The Morgan fingerprint density at radius 1 is 1.19 bits per heavy atom. The first-order valence-corrected chi connectivity index (χ1v) is 10.0. The molecule has 0 aliphatic heterocycles. The molecular weight excluding hydrogens is 344 g/mol. The van der Waals surface area contributed by atoms with Crippen molar-refractivity contribution in [1.82, 2.24) is 9.55 Å². The zero-order valence-corrected chi connectivity index (χ0v) is 15.8. The average Bonchev–Trinajstić information content (AvgIpc) is 3.00. The Morgan fingerprint density at radius 3 is 2.73 bits per heavy atom. The standard InChI is InChI=1S/C21H22N2O2S/c1-14(24)11-12-23-18(13-15-7-3-2-4-8-15)22-20-19(21(23)25)16-9-5-6-10-17(16)26-20/h2-4,7-8H,5-6,9-13H2,1H3. The van der Waals surface area contributed by atoms with Gasteiger partial charge in [0.2, 0.25) is 0 Å². The van der Waals surface area contributed by atoms with Crippen LogP contribution in [-0.2, 0) is 30.6 Å². The van der Waals surface area contributed by atoms with Gasteiger partial charge in [0.25, 0.3) is 5.56 Å². The number of aryl methyl sites for hydroxylation is 2. The largest absolute Gasteiger partial charge is 0.300 e. The van der Waals surface area contributed by atoms with Crippen LogP contribution in [0.25, 0.3) is 10.2 Å². The van der Waals surface area contributed by atoms with Crippen molar-refractivity contribution >= 4 is 27.3 Å². The molecule has 0 saturated heterocycles. The molecule has 26 heavy (non-hydrogen) atoms. The number of benzene rings is 1. The molecule has 1 aromatic carbocycles. The van der Waals surface area contributed by atoms with Crippen LogP contribution in [0.2, 0.25) is 0 Å². The number of carbonyl (C=O) groups excluding carboxylic acids is 1. The first-order valence-electron chi connectivity index (χ1n) is 9.21. The van der Waals surface area contributed by atoms with Crippen molar-refractivity contribution in [2.75, 3.05) is 0 Å². The summed E-state index contributed by atoms with van der Waals surface area (Å²) in [6, 6.07) is 10.1. The van der Waals surface area contributed by atoms with Gasteiger partial charge in [-0.15, -0.1) is 11.3 Å². The Bertz CT molecular complexity index is 1020. The van der Waals surface area contributed by atoms with Crippen LogP contribution < -0.4 is 5.56 Å². The molecule has 0 fully saturated rings. The molecule has 0 atom stereocenters. The van der Waals surface area contributed by atoms with E-state index in [4.69, 9.17) is 4.98 Å². The fraction of sp³-hybridized carbons (Fsp3) is 0.381. The normalized spacial score (nSPS) is 13.7. The molecule has 4 rings (SSSR count). The van der Waals surface area contributed by atoms with Gasteiger partial charge in [0.15, 0.2) is 0 Å². The topological polar surface area (TPSA) is 52.0 Å². The summed E-state index contributed by atoms with van der Waals surface area (Å²) in [6.45, 7) is 1.98. The highest BCUT2D eigenvalue weighted by atomic mass is 32.1. The van der Waals surface area contributed by atoms with E-state index in [1.807, 2.05) is 30.3 Å². The Hall–Kier alpha value is -2.27. The maximum absolute atomic E-state index is 13.3. The van der Waals surface area contributed by atoms with E-state index in [9.17, 15) is 9.59 Å². The van der Waals surface area contributed by atoms with Crippen LogP contribution in [0.15, 0.2) is 35.1 Å². The highest BCUT2D eigenvalue weighted by molar-refractivity contribution is 7.18. The highest BCUT2D eigenvalue weighted by Gasteiger charge is 2.22. The average molecular weight is 366 g/mol. The molecular formula is C21H22N2O2S. The van der Waals surface area contributed by atoms with Crippen LogP contribution in [0, 0.1) is 0 Å². The van der Waals surface area contributed by atoms with Crippen molar-refractivity contribution in [3.63, 3.8) is 0 Å². The minimum absolute atomic E-state index is 0.0292. The van der Waals surface area contributed by atoms with Crippen LogP contribution in [0.4, 0.5) is 0 Å². The summed E-state index contributed by atoms with van der Waals surface area (Å²) >= 11 is 1.68. The van der Waals surface area contributed by atoms with Crippen molar-refractivity contribution in [2.24, 2.45) is 0 Å². The van der Waals surface area contributed by atoms with Crippen LogP contribution in [0.3, 0.4) is 0 Å². The third-order valence-corrected chi connectivity index (χ3v) is 6.23. The van der Waals surface area contributed by atoms with Crippen LogP contribution in [0.5, 0.6) is 0 Å². The van der Waals surface area contributed by atoms with E-state index in [0.717, 1.165) is 40.9 Å². The highest BCUT2D eigenvalue weighted by Crippen LogP contribution is 2.34. The van der Waals surface area contributed by atoms with E-state index in [-0.39, 0.29) is 11.3 Å². The van der Waals surface area contributed by atoms with Gasteiger partial charge in [-0.1, -0.05) is 30.3 Å². The van der Waals surface area contributed by atoms with Crippen molar-refractivity contribution in [1.29, 1.82) is 0 Å². The summed E-state index contributed by atoms with van der Waals surface area (Å²) in [5, 5.41) is 0.796. The van der Waals surface area contributed by atoms with Gasteiger partial charge in [-0.05, 0) is 43.7 Å². The lowest BCUT2D eigenvalue weighted by Crippen LogP contribution is -2.26. The Balaban J connectivity index is 1.86. The summed E-state index contributed by atoms with van der Waals surface area (Å²) < 4.78 is 1.73. The molecule has 0 radical (unpaired) electrons. The van der Waals surface area contributed by atoms with E-state index in [0.29, 0.717) is 19.4 Å². The van der Waals surface area contributed by atoms with Crippen LogP contribution >= 0.6 is 11.3 Å². The number of Topliss-reactive ketones (excluding diaryl/α,β-unsaturated/α-hetero) is 1. The lowest BCUT2D eigenvalue weighted by atomic mass is 9.97. The smallest absolute Gasteiger partial charge is 0.262 e. The number of aromatic nitrogens is 2. The molecule has 134 valence electrons. The van der Waals surface area contributed by atoms with Gasteiger partial charge >= 0.3 is 0 Å². The molecule has 1 aliphatic rings. The fourth-order valence-electron chi connectivity index (χ4n) is 3.69. The predicted octanol–water partition coefficient (Wildman–Crippen LogP) is 3.91. The summed E-state index contributed by atoms with van der Waals surface area (Å²) in [5.74, 6) is 0.851. The molecule has 2 heterocycles. The summed E-state index contributed by atoms with van der Waals surface area (Å²) in [7, 11) is 0. The number of fused-ring (bicyclic) bond motifs is 3. The molecule has 5 heteroatoms. The number of ketones is 1. The third kappa shape index (κ3) is 3.23. The number of carbonyl (C=O) groups is 1. The maximum Gasteiger partial charge on any atom is 0.262 e. The monoisotopic (exact) mass is 366 g/mol. The summed E-state index contributed by atoms with van der Waals surface area (Å²) in [5.41, 5.74) is 2.36. The van der Waals surface area contributed by atoms with Crippen LogP contribution in [-0.4, -0.2) is 15.3 Å². The Labute approximate surface area is 156 Å². The SMILES string of the molecule is CC(=O)CCn1c(Cc2ccccc2)nc2sc3c(c2c1=O)CCCC3. The first kappa shape index (κ1) is 17.2. The summed E-state index contributed by atoms with van der Waals surface area (Å²) in [4.78, 5) is 31.9. The molecule has 0 saturated carbocycles. The van der Waals surface area contributed by atoms with E-state index in [1.165, 1.54) is 16.9 Å². The van der Waals surface area contributed by atoms with Gasteiger partial charge < -0.3 is 0 Å². The Morgan fingerprint density at radius 2 is 1.96 bits per heavy atom. The van der Waals surface area contributed by atoms with E-state index < -0.39 is 0 Å². The minimum atomic E-state index is 0.0292. The number of hydrogen-bond acceptors (Lipinski definition) is 4. The van der Waals surface area contributed by atoms with Crippen molar-refractivity contribution in [3.8, 4) is 0 Å². The fourth-order valence-corrected chi connectivity index (χ4v) is 4.96. The number of nitrogens with zero attached hydrogens (tertiary/aromatic N) is 2. The minimum Gasteiger partial charge on any atom is -0.300 e. The van der Waals surface area contributed by atoms with Gasteiger partial charge in [0.1, 0.15) is 16.4 Å². The Kier molecular flexibility index (Phi) is 4.72. The molecule has 0 spiro atoms. The van der Waals surface area contributed by atoms with E-state index in [2.05, 4.69) is 0 Å². The van der Waals surface area contributed by atoms with E-state index in [1.54, 1.807) is 22.8 Å². The molecule has 1 aliphatic carbocycles. The zero-order chi connectivity index (χ0) is 18.1. The second-order valence-corrected chi connectivity index (χ2v) is 8.07. The molecule has 0 unspecified atom stereocenters. The molecule has 0 amide bonds. The van der Waals surface area contributed by atoms with Gasteiger partial charge in [-0.2, -0.15) is 0 Å². The molecule has 4 nitrogen and oxygen atoms in total. The number of hydrogen-bond donors (Lipinski definition) is 0. The van der Waals surface area contributed by atoms with Gasteiger partial charge in [0.05, 0.1) is 5.39 Å². The number of rotatable bonds is 5. The van der Waals surface area contributed by atoms with Crippen molar-refractivity contribution < 1.29 is 4.79 Å².